The predicted molar refractivity (Wildman–Crippen MR) is 129 cm³/mol. The van der Waals surface area contributed by atoms with Gasteiger partial charge in [-0.25, -0.2) is 9.37 Å². The number of halogens is 1. The molecule has 2 aromatic carbocycles. The maximum atomic E-state index is 13.2. The lowest BCUT2D eigenvalue weighted by Crippen LogP contribution is -2.33. The number of carboxylic acids is 1. The molecule has 0 saturated heterocycles. The standard InChI is InChI=1S/C27H28FN3O3/c28-23-12-9-21(10-13-23)20-7-5-19(6-8-20)18-31(24-3-1-2-4-24)25-14-11-22(17-30-25)27(34)29-16-15-26(32)33/h5-14,17,24H,1-4,15-16,18H2,(H,29,34)(H,32,33). The first-order valence-corrected chi connectivity index (χ1v) is 11.6. The average Bonchev–Trinajstić information content (AvgIpc) is 3.38. The summed E-state index contributed by atoms with van der Waals surface area (Å²) in [5.41, 5.74) is 3.56. The van der Waals surface area contributed by atoms with Gasteiger partial charge in [0.1, 0.15) is 11.6 Å². The minimum atomic E-state index is -0.952. The number of benzene rings is 2. The first-order valence-electron chi connectivity index (χ1n) is 11.6. The number of carbonyl (C=O) groups is 2. The lowest BCUT2D eigenvalue weighted by Gasteiger charge is -2.30. The molecule has 1 amide bonds. The summed E-state index contributed by atoms with van der Waals surface area (Å²) in [6.07, 6.45) is 6.01. The van der Waals surface area contributed by atoms with Crippen molar-refractivity contribution in [2.75, 3.05) is 11.4 Å². The maximum absolute atomic E-state index is 13.2. The van der Waals surface area contributed by atoms with Crippen molar-refractivity contribution in [3.63, 3.8) is 0 Å². The van der Waals surface area contributed by atoms with Crippen LogP contribution in [0, 0.1) is 5.82 Å². The van der Waals surface area contributed by atoms with Crippen LogP contribution in [-0.2, 0) is 11.3 Å². The highest BCUT2D eigenvalue weighted by Crippen LogP contribution is 2.29. The van der Waals surface area contributed by atoms with Gasteiger partial charge in [-0.2, -0.15) is 0 Å². The number of pyridine rings is 1. The summed E-state index contributed by atoms with van der Waals surface area (Å²) in [5.74, 6) is -0.712. The molecule has 6 nitrogen and oxygen atoms in total. The third kappa shape index (κ3) is 5.98. The number of amides is 1. The van der Waals surface area contributed by atoms with Crippen LogP contribution in [0.4, 0.5) is 10.2 Å². The highest BCUT2D eigenvalue weighted by Gasteiger charge is 2.24. The van der Waals surface area contributed by atoms with Crippen molar-refractivity contribution in [3.8, 4) is 11.1 Å². The molecule has 0 spiro atoms. The van der Waals surface area contributed by atoms with Gasteiger partial charge in [0.15, 0.2) is 0 Å². The van der Waals surface area contributed by atoms with E-state index in [-0.39, 0.29) is 24.7 Å². The van der Waals surface area contributed by atoms with Crippen LogP contribution < -0.4 is 10.2 Å². The van der Waals surface area contributed by atoms with E-state index in [1.54, 1.807) is 24.4 Å². The van der Waals surface area contributed by atoms with Gasteiger partial charge in [-0.1, -0.05) is 49.2 Å². The Morgan fingerprint density at radius 2 is 1.62 bits per heavy atom. The lowest BCUT2D eigenvalue weighted by molar-refractivity contribution is -0.136. The molecule has 0 bridgehead atoms. The zero-order chi connectivity index (χ0) is 23.9. The van der Waals surface area contributed by atoms with Gasteiger partial charge in [-0.05, 0) is 53.8 Å². The molecule has 176 valence electrons. The average molecular weight is 462 g/mol. The Labute approximate surface area is 198 Å². The first kappa shape index (κ1) is 23.4. The Balaban J connectivity index is 1.47. The highest BCUT2D eigenvalue weighted by atomic mass is 19.1. The fraction of sp³-hybridized carbons (Fsp3) is 0.296. The van der Waals surface area contributed by atoms with Gasteiger partial charge in [0, 0.05) is 25.3 Å². The highest BCUT2D eigenvalue weighted by molar-refractivity contribution is 5.94. The molecule has 7 heteroatoms. The quantitative estimate of drug-likeness (QED) is 0.466. The number of hydrogen-bond acceptors (Lipinski definition) is 4. The summed E-state index contributed by atoms with van der Waals surface area (Å²) in [6.45, 7) is 0.781. The summed E-state index contributed by atoms with van der Waals surface area (Å²) < 4.78 is 13.2. The molecule has 0 unspecified atom stereocenters. The van der Waals surface area contributed by atoms with Crippen LogP contribution in [0.5, 0.6) is 0 Å². The Hall–Kier alpha value is -3.74. The number of nitrogens with one attached hydrogen (secondary N) is 1. The van der Waals surface area contributed by atoms with Crippen molar-refractivity contribution in [1.29, 1.82) is 0 Å². The Morgan fingerprint density at radius 3 is 2.21 bits per heavy atom. The van der Waals surface area contributed by atoms with E-state index in [2.05, 4.69) is 27.3 Å². The Morgan fingerprint density at radius 1 is 0.971 bits per heavy atom. The predicted octanol–water partition coefficient (Wildman–Crippen LogP) is 5.04. The molecule has 1 saturated carbocycles. The van der Waals surface area contributed by atoms with Crippen LogP contribution >= 0.6 is 0 Å². The van der Waals surface area contributed by atoms with Crippen molar-refractivity contribution < 1.29 is 19.1 Å². The van der Waals surface area contributed by atoms with E-state index in [9.17, 15) is 14.0 Å². The Kier molecular flexibility index (Phi) is 7.52. The third-order valence-corrected chi connectivity index (χ3v) is 6.18. The molecule has 0 aliphatic heterocycles. The van der Waals surface area contributed by atoms with Gasteiger partial charge in [-0.3, -0.25) is 9.59 Å². The molecular weight excluding hydrogens is 433 g/mol. The number of aromatic nitrogens is 1. The maximum Gasteiger partial charge on any atom is 0.305 e. The molecule has 1 fully saturated rings. The van der Waals surface area contributed by atoms with Crippen LogP contribution in [0.3, 0.4) is 0 Å². The van der Waals surface area contributed by atoms with Crippen LogP contribution in [0.1, 0.15) is 48.0 Å². The summed E-state index contributed by atoms with van der Waals surface area (Å²) in [5, 5.41) is 11.3. The van der Waals surface area contributed by atoms with Gasteiger partial charge in [-0.15, -0.1) is 0 Å². The molecule has 1 aliphatic carbocycles. The first-order chi connectivity index (χ1) is 16.5. The normalized spacial score (nSPS) is 13.6. The molecule has 3 aromatic rings. The zero-order valence-corrected chi connectivity index (χ0v) is 18.9. The number of aliphatic carboxylic acids is 1. The van der Waals surface area contributed by atoms with E-state index >= 15 is 0 Å². The number of anilines is 1. The fourth-order valence-electron chi connectivity index (χ4n) is 4.33. The van der Waals surface area contributed by atoms with Crippen molar-refractivity contribution >= 4 is 17.7 Å². The zero-order valence-electron chi connectivity index (χ0n) is 18.9. The molecule has 0 radical (unpaired) electrons. The van der Waals surface area contributed by atoms with E-state index in [1.165, 1.54) is 25.0 Å². The van der Waals surface area contributed by atoms with E-state index in [4.69, 9.17) is 5.11 Å². The minimum absolute atomic E-state index is 0.0814. The molecule has 34 heavy (non-hydrogen) atoms. The van der Waals surface area contributed by atoms with Crippen molar-refractivity contribution in [2.45, 2.75) is 44.7 Å². The van der Waals surface area contributed by atoms with E-state index in [1.807, 2.05) is 18.2 Å². The number of nitrogens with zero attached hydrogens (tertiary/aromatic N) is 2. The van der Waals surface area contributed by atoms with E-state index in [0.717, 1.165) is 35.3 Å². The fourth-order valence-corrected chi connectivity index (χ4v) is 4.33. The van der Waals surface area contributed by atoms with Crippen LogP contribution in [-0.4, -0.2) is 34.6 Å². The SMILES string of the molecule is O=C(O)CCNC(=O)c1ccc(N(Cc2ccc(-c3ccc(F)cc3)cc2)C2CCCC2)nc1. The molecular formula is C27H28FN3O3. The summed E-state index contributed by atoms with van der Waals surface area (Å²) in [7, 11) is 0. The van der Waals surface area contributed by atoms with Crippen LogP contribution in [0.2, 0.25) is 0 Å². The van der Waals surface area contributed by atoms with Gasteiger partial charge in [0.05, 0.1) is 12.0 Å². The van der Waals surface area contributed by atoms with Crippen molar-refractivity contribution in [2.24, 2.45) is 0 Å². The minimum Gasteiger partial charge on any atom is -0.481 e. The smallest absolute Gasteiger partial charge is 0.305 e. The van der Waals surface area contributed by atoms with Gasteiger partial charge in [0.2, 0.25) is 0 Å². The Bertz CT molecular complexity index is 1110. The largest absolute Gasteiger partial charge is 0.481 e. The van der Waals surface area contributed by atoms with E-state index < -0.39 is 5.97 Å². The number of hydrogen-bond donors (Lipinski definition) is 2. The molecule has 4 rings (SSSR count). The molecule has 1 aromatic heterocycles. The molecule has 1 heterocycles. The third-order valence-electron chi connectivity index (χ3n) is 6.18. The summed E-state index contributed by atoms with van der Waals surface area (Å²) in [6, 6.07) is 18.7. The second-order valence-electron chi connectivity index (χ2n) is 8.57. The van der Waals surface area contributed by atoms with Crippen molar-refractivity contribution in [3.05, 3.63) is 83.8 Å². The van der Waals surface area contributed by atoms with Gasteiger partial charge < -0.3 is 15.3 Å². The number of carbonyl (C=O) groups excluding carboxylic acids is 1. The van der Waals surface area contributed by atoms with Gasteiger partial charge >= 0.3 is 5.97 Å². The van der Waals surface area contributed by atoms with E-state index in [0.29, 0.717) is 18.2 Å². The number of carboxylic acid groups (broad SMARTS) is 1. The van der Waals surface area contributed by atoms with Crippen LogP contribution in [0.25, 0.3) is 11.1 Å². The summed E-state index contributed by atoms with van der Waals surface area (Å²) in [4.78, 5) is 29.7. The molecule has 0 atom stereocenters. The second kappa shape index (κ2) is 10.9. The summed E-state index contributed by atoms with van der Waals surface area (Å²) >= 11 is 0. The molecule has 1 aliphatic rings. The number of rotatable bonds is 9. The van der Waals surface area contributed by atoms with Crippen LogP contribution in [0.15, 0.2) is 66.9 Å². The topological polar surface area (TPSA) is 82.5 Å². The monoisotopic (exact) mass is 461 g/mol. The van der Waals surface area contributed by atoms with Gasteiger partial charge in [0.25, 0.3) is 5.91 Å². The van der Waals surface area contributed by atoms with Crippen molar-refractivity contribution in [1.82, 2.24) is 10.3 Å². The molecule has 2 N–H and O–H groups in total. The second-order valence-corrected chi connectivity index (χ2v) is 8.57. The lowest BCUT2D eigenvalue weighted by atomic mass is 10.0.